The second-order valence-corrected chi connectivity index (χ2v) is 6.93. The van der Waals surface area contributed by atoms with Gasteiger partial charge in [-0.05, 0) is 30.5 Å². The minimum Gasteiger partial charge on any atom is -0.480 e. The number of nitrogens with zero attached hydrogens (tertiary/aromatic N) is 1. The molecule has 1 N–H and O–H groups in total. The van der Waals surface area contributed by atoms with Gasteiger partial charge in [0.1, 0.15) is 17.3 Å². The largest absolute Gasteiger partial charge is 0.480 e. The predicted octanol–water partition coefficient (Wildman–Crippen LogP) is 1.87. The summed E-state index contributed by atoms with van der Waals surface area (Å²) < 4.78 is 39.3. The second kappa shape index (κ2) is 6.32. The van der Waals surface area contributed by atoms with Crippen LogP contribution in [0.1, 0.15) is 19.4 Å². The number of sulfonamides is 1. The fourth-order valence-electron chi connectivity index (χ4n) is 1.75. The molecule has 0 amide bonds. The lowest BCUT2D eigenvalue weighted by Gasteiger charge is -2.22. The SMILES string of the molecule is Cc1ccc(F)c(S(=O)(=O)N(CC(=O)O)CC(C)C)c1. The molecule has 0 aliphatic heterocycles. The third-order valence-corrected chi connectivity index (χ3v) is 4.41. The molecule has 112 valence electrons. The summed E-state index contributed by atoms with van der Waals surface area (Å²) in [6.07, 6.45) is 0. The number of rotatable bonds is 6. The van der Waals surface area contributed by atoms with Gasteiger partial charge in [-0.2, -0.15) is 4.31 Å². The first-order chi connectivity index (χ1) is 9.14. The third kappa shape index (κ3) is 4.01. The predicted molar refractivity (Wildman–Crippen MR) is 72.4 cm³/mol. The Bertz CT molecular complexity index is 598. The van der Waals surface area contributed by atoms with E-state index in [0.29, 0.717) is 5.56 Å². The molecule has 0 saturated carbocycles. The lowest BCUT2D eigenvalue weighted by Crippen LogP contribution is -2.38. The van der Waals surface area contributed by atoms with Crippen molar-refractivity contribution in [1.82, 2.24) is 4.31 Å². The van der Waals surface area contributed by atoms with Crippen LogP contribution in [0.3, 0.4) is 0 Å². The van der Waals surface area contributed by atoms with E-state index in [-0.39, 0.29) is 12.5 Å². The second-order valence-electron chi connectivity index (χ2n) is 5.02. The Morgan fingerprint density at radius 3 is 2.50 bits per heavy atom. The zero-order valence-electron chi connectivity index (χ0n) is 11.6. The average Bonchev–Trinajstić information content (AvgIpc) is 2.30. The van der Waals surface area contributed by atoms with Crippen LogP contribution in [0.5, 0.6) is 0 Å². The van der Waals surface area contributed by atoms with Gasteiger partial charge in [-0.15, -0.1) is 0 Å². The molecule has 0 heterocycles. The van der Waals surface area contributed by atoms with Crippen molar-refractivity contribution in [3.05, 3.63) is 29.6 Å². The number of hydrogen-bond donors (Lipinski definition) is 1. The summed E-state index contributed by atoms with van der Waals surface area (Å²) in [6.45, 7) is 4.49. The minimum atomic E-state index is -4.17. The first-order valence-corrected chi connectivity index (χ1v) is 7.56. The van der Waals surface area contributed by atoms with Crippen LogP contribution in [-0.2, 0) is 14.8 Å². The first-order valence-electron chi connectivity index (χ1n) is 6.12. The molecule has 0 bridgehead atoms. The van der Waals surface area contributed by atoms with Gasteiger partial charge in [0, 0.05) is 6.54 Å². The van der Waals surface area contributed by atoms with Gasteiger partial charge in [-0.1, -0.05) is 19.9 Å². The zero-order valence-corrected chi connectivity index (χ0v) is 12.4. The number of halogens is 1. The monoisotopic (exact) mass is 303 g/mol. The smallest absolute Gasteiger partial charge is 0.318 e. The molecule has 0 fully saturated rings. The lowest BCUT2D eigenvalue weighted by molar-refractivity contribution is -0.137. The van der Waals surface area contributed by atoms with Gasteiger partial charge in [-0.25, -0.2) is 12.8 Å². The fraction of sp³-hybridized carbons (Fsp3) is 0.462. The van der Waals surface area contributed by atoms with Crippen LogP contribution in [0, 0.1) is 18.7 Å². The van der Waals surface area contributed by atoms with Gasteiger partial charge in [0.2, 0.25) is 10.0 Å². The van der Waals surface area contributed by atoms with Crippen molar-refractivity contribution in [3.63, 3.8) is 0 Å². The molecule has 1 rings (SSSR count). The molecule has 0 atom stereocenters. The Kier molecular flexibility index (Phi) is 5.24. The summed E-state index contributed by atoms with van der Waals surface area (Å²) in [5, 5.41) is 8.83. The van der Waals surface area contributed by atoms with E-state index in [4.69, 9.17) is 5.11 Å². The van der Waals surface area contributed by atoms with E-state index in [9.17, 15) is 17.6 Å². The Morgan fingerprint density at radius 1 is 1.40 bits per heavy atom. The standard InChI is InChI=1S/C13H18FNO4S/c1-9(2)7-15(8-13(16)17)20(18,19)12-6-10(3)4-5-11(12)14/h4-6,9H,7-8H2,1-3H3,(H,16,17). The number of benzene rings is 1. The van der Waals surface area contributed by atoms with Crippen LogP contribution in [0.4, 0.5) is 4.39 Å². The topological polar surface area (TPSA) is 74.7 Å². The van der Waals surface area contributed by atoms with E-state index >= 15 is 0 Å². The third-order valence-electron chi connectivity index (χ3n) is 2.58. The summed E-state index contributed by atoms with van der Waals surface area (Å²) in [5.41, 5.74) is 0.588. The summed E-state index contributed by atoms with van der Waals surface area (Å²) in [5.74, 6) is -2.23. The maximum atomic E-state index is 13.7. The van der Waals surface area contributed by atoms with Crippen LogP contribution in [0.25, 0.3) is 0 Å². The van der Waals surface area contributed by atoms with E-state index in [1.165, 1.54) is 12.1 Å². The van der Waals surface area contributed by atoms with Gasteiger partial charge < -0.3 is 5.11 Å². The number of carboxylic acid groups (broad SMARTS) is 1. The molecule has 0 aliphatic carbocycles. The van der Waals surface area contributed by atoms with Gasteiger partial charge in [-0.3, -0.25) is 4.79 Å². The molecule has 5 nitrogen and oxygen atoms in total. The zero-order chi connectivity index (χ0) is 15.5. The van der Waals surface area contributed by atoms with E-state index < -0.39 is 33.3 Å². The van der Waals surface area contributed by atoms with Crippen molar-refractivity contribution >= 4 is 16.0 Å². The maximum absolute atomic E-state index is 13.7. The highest BCUT2D eigenvalue weighted by molar-refractivity contribution is 7.89. The molecule has 0 aromatic heterocycles. The fourth-order valence-corrected chi connectivity index (χ4v) is 3.46. The van der Waals surface area contributed by atoms with Crippen molar-refractivity contribution in [3.8, 4) is 0 Å². The molecule has 1 aromatic carbocycles. The van der Waals surface area contributed by atoms with Crippen LogP contribution < -0.4 is 0 Å². The lowest BCUT2D eigenvalue weighted by atomic mass is 10.2. The van der Waals surface area contributed by atoms with Gasteiger partial charge in [0.15, 0.2) is 0 Å². The van der Waals surface area contributed by atoms with Crippen LogP contribution in [-0.4, -0.2) is 36.9 Å². The number of aliphatic carboxylic acids is 1. The van der Waals surface area contributed by atoms with Crippen molar-refractivity contribution in [2.45, 2.75) is 25.7 Å². The number of aryl methyl sites for hydroxylation is 1. The maximum Gasteiger partial charge on any atom is 0.318 e. The molecule has 0 saturated heterocycles. The highest BCUT2D eigenvalue weighted by Gasteiger charge is 2.29. The highest BCUT2D eigenvalue weighted by atomic mass is 32.2. The molecular weight excluding hydrogens is 285 g/mol. The number of carboxylic acids is 1. The summed E-state index contributed by atoms with van der Waals surface area (Å²) in [7, 11) is -4.17. The van der Waals surface area contributed by atoms with E-state index in [2.05, 4.69) is 0 Å². The first kappa shape index (κ1) is 16.6. The van der Waals surface area contributed by atoms with Crippen LogP contribution in [0.15, 0.2) is 23.1 Å². The molecule has 0 radical (unpaired) electrons. The molecule has 7 heteroatoms. The quantitative estimate of drug-likeness (QED) is 0.870. The molecule has 0 spiro atoms. The Labute approximate surface area is 118 Å². The Balaban J connectivity index is 3.28. The summed E-state index contributed by atoms with van der Waals surface area (Å²) in [4.78, 5) is 10.3. The van der Waals surface area contributed by atoms with Crippen molar-refractivity contribution in [2.24, 2.45) is 5.92 Å². The van der Waals surface area contributed by atoms with Crippen molar-refractivity contribution in [2.75, 3.05) is 13.1 Å². The average molecular weight is 303 g/mol. The van der Waals surface area contributed by atoms with Crippen molar-refractivity contribution < 1.29 is 22.7 Å². The molecule has 0 aliphatic rings. The normalized spacial score (nSPS) is 12.1. The van der Waals surface area contributed by atoms with Crippen LogP contribution in [0.2, 0.25) is 0 Å². The minimum absolute atomic E-state index is 0.0159. The van der Waals surface area contributed by atoms with E-state index in [1.54, 1.807) is 20.8 Å². The van der Waals surface area contributed by atoms with E-state index in [1.807, 2.05) is 0 Å². The Morgan fingerprint density at radius 2 is 2.00 bits per heavy atom. The van der Waals surface area contributed by atoms with Gasteiger partial charge in [0.05, 0.1) is 0 Å². The summed E-state index contributed by atoms with van der Waals surface area (Å²) >= 11 is 0. The Hall–Kier alpha value is -1.47. The number of hydrogen-bond acceptors (Lipinski definition) is 3. The molecular formula is C13H18FNO4S. The molecule has 0 unspecified atom stereocenters. The van der Waals surface area contributed by atoms with Gasteiger partial charge >= 0.3 is 5.97 Å². The van der Waals surface area contributed by atoms with Gasteiger partial charge in [0.25, 0.3) is 0 Å². The highest BCUT2D eigenvalue weighted by Crippen LogP contribution is 2.21. The summed E-state index contributed by atoms with van der Waals surface area (Å²) in [6, 6.07) is 3.73. The van der Waals surface area contributed by atoms with E-state index in [0.717, 1.165) is 10.4 Å². The van der Waals surface area contributed by atoms with Crippen molar-refractivity contribution in [1.29, 1.82) is 0 Å². The molecule has 20 heavy (non-hydrogen) atoms. The molecule has 1 aromatic rings. The van der Waals surface area contributed by atoms with Crippen LogP contribution >= 0.6 is 0 Å². The number of carbonyl (C=O) groups is 1.